The van der Waals surface area contributed by atoms with Crippen molar-refractivity contribution in [3.05, 3.63) is 88.4 Å². The molecule has 3 aromatic carbocycles. The first-order valence-corrected chi connectivity index (χ1v) is 12.4. The second kappa shape index (κ2) is 11.3. The zero-order valence-corrected chi connectivity index (χ0v) is 20.6. The number of hydrogen-bond donors (Lipinski definition) is 2. The third kappa shape index (κ3) is 6.80. The zero-order chi connectivity index (χ0) is 23.8. The van der Waals surface area contributed by atoms with Gasteiger partial charge >= 0.3 is 0 Å². The minimum absolute atomic E-state index is 0.0800. The molecular weight excluding hydrogens is 508 g/mol. The predicted octanol–water partition coefficient (Wildman–Crippen LogP) is 3.67. The van der Waals surface area contributed by atoms with Crippen LogP contribution in [0.5, 0.6) is 11.5 Å². The van der Waals surface area contributed by atoms with Gasteiger partial charge in [0.2, 0.25) is 15.9 Å². The number of carbonyl (C=O) groups is 1. The Morgan fingerprint density at radius 3 is 2.21 bits per heavy atom. The standard InChI is InChI=1S/C24H25BrN2O5S/c1-31-22-13-8-18(15-23(22)32-2)16-26-24(28)21(14-17-6-4-3-5-7-17)27-33(29,30)20-11-9-19(25)10-12-20/h3-13,15,21,27H,14,16H2,1-2H3,(H,26,28)/t21-/m0/s1. The van der Waals surface area contributed by atoms with Crippen molar-refractivity contribution in [1.82, 2.24) is 10.0 Å². The maximum atomic E-state index is 13.1. The first kappa shape index (κ1) is 24.8. The molecule has 1 amide bonds. The monoisotopic (exact) mass is 532 g/mol. The zero-order valence-electron chi connectivity index (χ0n) is 18.2. The maximum Gasteiger partial charge on any atom is 0.241 e. The van der Waals surface area contributed by atoms with E-state index < -0.39 is 22.0 Å². The molecule has 3 rings (SSSR count). The third-order valence-corrected chi connectivity index (χ3v) is 6.95. The van der Waals surface area contributed by atoms with Crippen molar-refractivity contribution in [1.29, 1.82) is 0 Å². The number of amides is 1. The lowest BCUT2D eigenvalue weighted by Crippen LogP contribution is -2.47. The van der Waals surface area contributed by atoms with Crippen LogP contribution in [0, 0.1) is 0 Å². The first-order valence-electron chi connectivity index (χ1n) is 10.1. The molecule has 0 aliphatic rings. The molecule has 2 N–H and O–H groups in total. The quantitative estimate of drug-likeness (QED) is 0.415. The van der Waals surface area contributed by atoms with Crippen LogP contribution in [-0.4, -0.2) is 34.6 Å². The van der Waals surface area contributed by atoms with E-state index >= 15 is 0 Å². The van der Waals surface area contributed by atoms with Crippen molar-refractivity contribution in [3.63, 3.8) is 0 Å². The molecular formula is C24H25BrN2O5S. The molecule has 0 aliphatic carbocycles. The molecule has 0 saturated heterocycles. The number of ether oxygens (including phenoxy) is 2. The molecule has 7 nitrogen and oxygen atoms in total. The van der Waals surface area contributed by atoms with Crippen LogP contribution < -0.4 is 19.5 Å². The van der Waals surface area contributed by atoms with Gasteiger partial charge in [-0.1, -0.05) is 52.3 Å². The summed E-state index contributed by atoms with van der Waals surface area (Å²) in [4.78, 5) is 13.1. The third-order valence-electron chi connectivity index (χ3n) is 4.94. The lowest BCUT2D eigenvalue weighted by Gasteiger charge is -2.19. The molecule has 0 unspecified atom stereocenters. The van der Waals surface area contributed by atoms with Gasteiger partial charge in [-0.2, -0.15) is 4.72 Å². The van der Waals surface area contributed by atoms with E-state index in [1.165, 1.54) is 19.2 Å². The Morgan fingerprint density at radius 1 is 0.909 bits per heavy atom. The summed E-state index contributed by atoms with van der Waals surface area (Å²) < 4.78 is 39.7. The van der Waals surface area contributed by atoms with Gasteiger partial charge < -0.3 is 14.8 Å². The van der Waals surface area contributed by atoms with Gasteiger partial charge in [0, 0.05) is 11.0 Å². The first-order chi connectivity index (χ1) is 15.8. The topological polar surface area (TPSA) is 93.7 Å². The Hall–Kier alpha value is -2.88. The van der Waals surface area contributed by atoms with Gasteiger partial charge in [-0.25, -0.2) is 8.42 Å². The van der Waals surface area contributed by atoms with Crippen LogP contribution in [0.4, 0.5) is 0 Å². The highest BCUT2D eigenvalue weighted by Crippen LogP contribution is 2.27. The van der Waals surface area contributed by atoms with Crippen molar-refractivity contribution in [2.45, 2.75) is 23.9 Å². The average Bonchev–Trinajstić information content (AvgIpc) is 2.82. The molecule has 33 heavy (non-hydrogen) atoms. The number of nitrogens with one attached hydrogen (secondary N) is 2. The molecule has 0 aromatic heterocycles. The average molecular weight is 533 g/mol. The van der Waals surface area contributed by atoms with Crippen molar-refractivity contribution in [2.24, 2.45) is 0 Å². The van der Waals surface area contributed by atoms with Crippen LogP contribution in [0.15, 0.2) is 82.2 Å². The number of halogens is 1. The lowest BCUT2D eigenvalue weighted by molar-refractivity contribution is -0.122. The molecule has 1 atom stereocenters. The summed E-state index contributed by atoms with van der Waals surface area (Å²) in [6.07, 6.45) is 0.203. The second-order valence-electron chi connectivity index (χ2n) is 7.22. The van der Waals surface area contributed by atoms with Crippen molar-refractivity contribution < 1.29 is 22.7 Å². The highest BCUT2D eigenvalue weighted by molar-refractivity contribution is 9.10. The van der Waals surface area contributed by atoms with E-state index in [-0.39, 0.29) is 17.9 Å². The largest absolute Gasteiger partial charge is 0.493 e. The number of carbonyl (C=O) groups excluding carboxylic acids is 1. The summed E-state index contributed by atoms with van der Waals surface area (Å²) in [5.41, 5.74) is 1.62. The fraction of sp³-hybridized carbons (Fsp3) is 0.208. The van der Waals surface area contributed by atoms with E-state index in [0.29, 0.717) is 11.5 Å². The normalized spacial score (nSPS) is 12.1. The Bertz CT molecular complexity index is 1190. The fourth-order valence-electron chi connectivity index (χ4n) is 3.21. The molecule has 0 bridgehead atoms. The van der Waals surface area contributed by atoms with Crippen LogP contribution >= 0.6 is 15.9 Å². The summed E-state index contributed by atoms with van der Waals surface area (Å²) in [6.45, 7) is 0.199. The number of hydrogen-bond acceptors (Lipinski definition) is 5. The van der Waals surface area contributed by atoms with Crippen molar-refractivity contribution in [3.8, 4) is 11.5 Å². The summed E-state index contributed by atoms with van der Waals surface area (Å²) in [5.74, 6) is 0.687. The summed E-state index contributed by atoms with van der Waals surface area (Å²) in [6, 6.07) is 19.8. The van der Waals surface area contributed by atoms with Crippen LogP contribution in [-0.2, 0) is 27.8 Å². The molecule has 0 saturated carbocycles. The van der Waals surface area contributed by atoms with E-state index in [1.807, 2.05) is 30.3 Å². The van der Waals surface area contributed by atoms with E-state index in [9.17, 15) is 13.2 Å². The van der Waals surface area contributed by atoms with Gasteiger partial charge in [0.25, 0.3) is 0 Å². The smallest absolute Gasteiger partial charge is 0.241 e. The van der Waals surface area contributed by atoms with E-state index in [0.717, 1.165) is 15.6 Å². The fourth-order valence-corrected chi connectivity index (χ4v) is 4.67. The number of methoxy groups -OCH3 is 2. The molecule has 0 fully saturated rings. The Morgan fingerprint density at radius 2 is 1.58 bits per heavy atom. The van der Waals surface area contributed by atoms with E-state index in [2.05, 4.69) is 26.0 Å². The number of rotatable bonds is 10. The molecule has 0 heterocycles. The Labute approximate surface area is 202 Å². The van der Waals surface area contributed by atoms with Crippen LogP contribution in [0.2, 0.25) is 0 Å². The highest BCUT2D eigenvalue weighted by atomic mass is 79.9. The molecule has 0 spiro atoms. The second-order valence-corrected chi connectivity index (χ2v) is 9.85. The molecule has 0 aliphatic heterocycles. The minimum Gasteiger partial charge on any atom is -0.493 e. The highest BCUT2D eigenvalue weighted by Gasteiger charge is 2.26. The Kier molecular flexibility index (Phi) is 8.49. The summed E-state index contributed by atoms with van der Waals surface area (Å²) in [5, 5.41) is 2.82. The number of benzene rings is 3. The van der Waals surface area contributed by atoms with Crippen molar-refractivity contribution in [2.75, 3.05) is 14.2 Å². The van der Waals surface area contributed by atoms with Crippen LogP contribution in [0.1, 0.15) is 11.1 Å². The van der Waals surface area contributed by atoms with Gasteiger partial charge in [0.05, 0.1) is 19.1 Å². The molecule has 9 heteroatoms. The molecule has 3 aromatic rings. The van der Waals surface area contributed by atoms with Gasteiger partial charge in [-0.15, -0.1) is 0 Å². The molecule has 174 valence electrons. The molecule has 0 radical (unpaired) electrons. The van der Waals surface area contributed by atoms with Gasteiger partial charge in [-0.05, 0) is 53.9 Å². The van der Waals surface area contributed by atoms with E-state index in [4.69, 9.17) is 9.47 Å². The van der Waals surface area contributed by atoms with Gasteiger partial charge in [-0.3, -0.25) is 4.79 Å². The SMILES string of the molecule is COc1ccc(CNC(=O)[C@H](Cc2ccccc2)NS(=O)(=O)c2ccc(Br)cc2)cc1OC. The maximum absolute atomic E-state index is 13.1. The van der Waals surface area contributed by atoms with Gasteiger partial charge in [0.15, 0.2) is 11.5 Å². The summed E-state index contributed by atoms with van der Waals surface area (Å²) in [7, 11) is -0.831. The Balaban J connectivity index is 1.78. The van der Waals surface area contributed by atoms with Crippen LogP contribution in [0.25, 0.3) is 0 Å². The van der Waals surface area contributed by atoms with E-state index in [1.54, 1.807) is 37.4 Å². The van der Waals surface area contributed by atoms with Crippen molar-refractivity contribution >= 4 is 31.9 Å². The predicted molar refractivity (Wildman–Crippen MR) is 130 cm³/mol. The minimum atomic E-state index is -3.91. The lowest BCUT2D eigenvalue weighted by atomic mass is 10.1. The number of sulfonamides is 1. The van der Waals surface area contributed by atoms with Crippen LogP contribution in [0.3, 0.4) is 0 Å². The summed E-state index contributed by atoms with van der Waals surface area (Å²) >= 11 is 3.30. The van der Waals surface area contributed by atoms with Gasteiger partial charge in [0.1, 0.15) is 6.04 Å².